The Kier molecular flexibility index (Phi) is 7.94. The molecule has 0 atom stereocenters. The zero-order valence-electron chi connectivity index (χ0n) is 14.6. The molecular weight excluding hydrogens is 652 g/mol. The minimum atomic E-state index is -4.70. The Morgan fingerprint density at radius 3 is 2.13 bits per heavy atom. The summed E-state index contributed by atoms with van der Waals surface area (Å²) in [5.74, 6) is -2.28. The predicted octanol–water partition coefficient (Wildman–Crippen LogP) is 2.77. The van der Waals surface area contributed by atoms with Gasteiger partial charge in [0.15, 0.2) is 0 Å². The zero-order chi connectivity index (χ0) is 22.6. The number of nitro groups is 1. The molecule has 2 rings (SSSR count). The third-order valence-corrected chi connectivity index (χ3v) is 5.78. The third kappa shape index (κ3) is 5.99. The summed E-state index contributed by atoms with van der Waals surface area (Å²) in [7, 11) is -4.70. The van der Waals surface area contributed by atoms with Crippen LogP contribution >= 0.6 is 45.2 Å². The highest BCUT2D eigenvalue weighted by molar-refractivity contribution is 14.1. The second kappa shape index (κ2) is 9.84. The second-order valence-corrected chi connectivity index (χ2v) is 9.30. The lowest BCUT2D eigenvalue weighted by atomic mass is 10.2. The average Bonchev–Trinajstić information content (AvgIpc) is 2.66. The molecule has 30 heavy (non-hydrogen) atoms. The van der Waals surface area contributed by atoms with Crippen molar-refractivity contribution in [3.8, 4) is 5.75 Å². The van der Waals surface area contributed by atoms with Crippen molar-refractivity contribution in [2.24, 2.45) is 0 Å². The van der Waals surface area contributed by atoms with Crippen molar-refractivity contribution in [2.45, 2.75) is 4.90 Å². The summed E-state index contributed by atoms with van der Waals surface area (Å²) in [6.45, 7) is -0.855. The summed E-state index contributed by atoms with van der Waals surface area (Å²) in [4.78, 5) is 33.5. The van der Waals surface area contributed by atoms with Gasteiger partial charge in [-0.05, 0) is 69.4 Å². The minimum Gasteiger partial charge on any atom is -0.506 e. The van der Waals surface area contributed by atoms with Gasteiger partial charge in [0.05, 0.1) is 8.49 Å². The van der Waals surface area contributed by atoms with E-state index >= 15 is 0 Å². The molecule has 11 nitrogen and oxygen atoms in total. The Hall–Kier alpha value is -2.05. The number of nitro benzene ring substituents is 1. The van der Waals surface area contributed by atoms with Gasteiger partial charge in [-0.2, -0.15) is 8.42 Å². The van der Waals surface area contributed by atoms with Crippen LogP contribution in [0.4, 0.5) is 5.69 Å². The maximum absolute atomic E-state index is 12.1. The van der Waals surface area contributed by atoms with Crippen LogP contribution in [0.1, 0.15) is 20.7 Å². The fourth-order valence-corrected chi connectivity index (χ4v) is 4.49. The summed E-state index contributed by atoms with van der Waals surface area (Å²) in [6.07, 6.45) is 0. The number of ether oxygens (including phenoxy) is 2. The lowest BCUT2D eigenvalue weighted by Crippen LogP contribution is -2.15. The number of hydrogen-bond donors (Lipinski definition) is 2. The SMILES string of the molecule is O=C(OCCOC(=O)c1cc(I)cc(I)c1O)c1ccc(S(=O)(=O)O)cc1[N+](=O)[O-]. The molecule has 14 heteroatoms. The number of phenolic OH excluding ortho intramolecular Hbond substituents is 1. The molecule has 0 amide bonds. The van der Waals surface area contributed by atoms with Crippen LogP contribution in [-0.2, 0) is 19.6 Å². The van der Waals surface area contributed by atoms with E-state index in [1.54, 1.807) is 6.07 Å². The van der Waals surface area contributed by atoms with E-state index in [0.717, 1.165) is 12.1 Å². The molecule has 0 radical (unpaired) electrons. The highest BCUT2D eigenvalue weighted by Crippen LogP contribution is 2.27. The van der Waals surface area contributed by atoms with Gasteiger partial charge in [0, 0.05) is 9.64 Å². The number of carbonyl (C=O) groups excluding carboxylic acids is 2. The number of esters is 2. The van der Waals surface area contributed by atoms with E-state index in [1.807, 2.05) is 45.2 Å². The van der Waals surface area contributed by atoms with Gasteiger partial charge >= 0.3 is 11.9 Å². The topological polar surface area (TPSA) is 170 Å². The summed E-state index contributed by atoms with van der Waals surface area (Å²) in [5, 5.41) is 21.0. The molecular formula is C16H11I2NO10S. The van der Waals surface area contributed by atoms with E-state index in [1.165, 1.54) is 6.07 Å². The van der Waals surface area contributed by atoms with Crippen LogP contribution in [0.15, 0.2) is 35.2 Å². The lowest BCUT2D eigenvalue weighted by Gasteiger charge is -2.09. The number of nitrogens with zero attached hydrogens (tertiary/aromatic N) is 1. The first-order chi connectivity index (χ1) is 13.9. The average molecular weight is 663 g/mol. The third-order valence-electron chi connectivity index (χ3n) is 3.48. The van der Waals surface area contributed by atoms with Crippen molar-refractivity contribution < 1.29 is 42.1 Å². The van der Waals surface area contributed by atoms with Crippen molar-refractivity contribution in [1.82, 2.24) is 0 Å². The summed E-state index contributed by atoms with van der Waals surface area (Å²) >= 11 is 3.80. The first-order valence-corrected chi connectivity index (χ1v) is 11.3. The van der Waals surface area contributed by atoms with Crippen molar-refractivity contribution in [2.75, 3.05) is 13.2 Å². The van der Waals surface area contributed by atoms with Gasteiger partial charge in [-0.15, -0.1) is 0 Å². The number of benzene rings is 2. The van der Waals surface area contributed by atoms with E-state index in [4.69, 9.17) is 14.0 Å². The number of aromatic hydroxyl groups is 1. The molecule has 0 heterocycles. The monoisotopic (exact) mass is 663 g/mol. The molecule has 0 aliphatic heterocycles. The van der Waals surface area contributed by atoms with E-state index in [9.17, 15) is 33.2 Å². The summed E-state index contributed by atoms with van der Waals surface area (Å²) in [5.41, 5.74) is -1.51. The maximum atomic E-state index is 12.1. The first-order valence-electron chi connectivity index (χ1n) is 7.70. The highest BCUT2D eigenvalue weighted by Gasteiger charge is 2.25. The van der Waals surface area contributed by atoms with Crippen LogP contribution in [0.5, 0.6) is 5.75 Å². The predicted molar refractivity (Wildman–Crippen MR) is 117 cm³/mol. The van der Waals surface area contributed by atoms with Gasteiger partial charge in [-0.3, -0.25) is 14.7 Å². The second-order valence-electron chi connectivity index (χ2n) is 5.47. The Labute approximate surface area is 196 Å². The van der Waals surface area contributed by atoms with Crippen molar-refractivity contribution in [1.29, 1.82) is 0 Å². The van der Waals surface area contributed by atoms with Gasteiger partial charge in [-0.25, -0.2) is 9.59 Å². The standard InChI is InChI=1S/C16H11I2NO10S/c17-8-5-11(14(20)12(18)6-8)16(22)29-4-3-28-15(21)10-2-1-9(30(25,26)27)7-13(10)19(23)24/h1-2,5-7,20H,3-4H2,(H,25,26,27). The fraction of sp³-hybridized carbons (Fsp3) is 0.125. The van der Waals surface area contributed by atoms with Gasteiger partial charge < -0.3 is 14.6 Å². The van der Waals surface area contributed by atoms with Gasteiger partial charge in [0.1, 0.15) is 35.0 Å². The first kappa shape index (κ1) is 24.2. The van der Waals surface area contributed by atoms with Crippen LogP contribution in [0, 0.1) is 17.3 Å². The van der Waals surface area contributed by atoms with Gasteiger partial charge in [-0.1, -0.05) is 0 Å². The molecule has 0 unspecified atom stereocenters. The molecule has 0 aliphatic rings. The van der Waals surface area contributed by atoms with Crippen LogP contribution in [0.3, 0.4) is 0 Å². The maximum Gasteiger partial charge on any atom is 0.345 e. The van der Waals surface area contributed by atoms with Crippen molar-refractivity contribution in [3.63, 3.8) is 0 Å². The molecule has 0 saturated heterocycles. The molecule has 2 aromatic carbocycles. The molecule has 2 aromatic rings. The van der Waals surface area contributed by atoms with Crippen molar-refractivity contribution >= 4 is 72.9 Å². The molecule has 0 aliphatic carbocycles. The van der Waals surface area contributed by atoms with E-state index in [-0.39, 0.29) is 11.3 Å². The van der Waals surface area contributed by atoms with Crippen LogP contribution in [-0.4, -0.2) is 48.2 Å². The number of rotatable bonds is 7. The number of phenols is 1. The molecule has 0 saturated carbocycles. The highest BCUT2D eigenvalue weighted by atomic mass is 127. The summed E-state index contributed by atoms with van der Waals surface area (Å²) in [6, 6.07) is 5.21. The zero-order valence-corrected chi connectivity index (χ0v) is 19.7. The van der Waals surface area contributed by atoms with E-state index in [2.05, 4.69) is 0 Å². The van der Waals surface area contributed by atoms with Gasteiger partial charge in [0.2, 0.25) is 0 Å². The van der Waals surface area contributed by atoms with E-state index < -0.39 is 56.3 Å². The van der Waals surface area contributed by atoms with Crippen LogP contribution in [0.2, 0.25) is 0 Å². The van der Waals surface area contributed by atoms with Crippen molar-refractivity contribution in [3.05, 3.63) is 58.7 Å². The molecule has 0 spiro atoms. The minimum absolute atomic E-state index is 0.0749. The normalized spacial score (nSPS) is 11.0. The molecule has 160 valence electrons. The quantitative estimate of drug-likeness (QED) is 0.112. The van der Waals surface area contributed by atoms with E-state index in [0.29, 0.717) is 13.2 Å². The molecule has 0 fully saturated rings. The molecule has 0 bridgehead atoms. The Balaban J connectivity index is 2.03. The summed E-state index contributed by atoms with van der Waals surface area (Å²) < 4.78 is 42.0. The number of halogens is 2. The molecule has 2 N–H and O–H groups in total. The van der Waals surface area contributed by atoms with Gasteiger partial charge in [0.25, 0.3) is 15.8 Å². The Morgan fingerprint density at radius 1 is 1.03 bits per heavy atom. The van der Waals surface area contributed by atoms with Crippen LogP contribution in [0.25, 0.3) is 0 Å². The fourth-order valence-electron chi connectivity index (χ4n) is 2.14. The largest absolute Gasteiger partial charge is 0.506 e. The number of carbonyl (C=O) groups is 2. The molecule has 0 aromatic heterocycles. The number of hydrogen-bond acceptors (Lipinski definition) is 9. The van der Waals surface area contributed by atoms with Crippen LogP contribution < -0.4 is 0 Å². The lowest BCUT2D eigenvalue weighted by molar-refractivity contribution is -0.385. The smallest absolute Gasteiger partial charge is 0.345 e. The Bertz CT molecular complexity index is 1130. The Morgan fingerprint density at radius 2 is 1.60 bits per heavy atom.